The molecule has 0 unspecified atom stereocenters. The molecule has 0 bridgehead atoms. The lowest BCUT2D eigenvalue weighted by Gasteiger charge is -2.14. The number of anilines is 1. The molecule has 6 heteroatoms. The molecule has 4 rings (SSSR count). The molecule has 0 atom stereocenters. The van der Waals surface area contributed by atoms with Gasteiger partial charge in [-0.05, 0) is 84.2 Å². The molecule has 0 aliphatic carbocycles. The summed E-state index contributed by atoms with van der Waals surface area (Å²) < 4.78 is 1.78. The number of aryl methyl sites for hydroxylation is 3. The molecule has 3 nitrogen and oxygen atoms in total. The highest BCUT2D eigenvalue weighted by Crippen LogP contribution is 2.32. The standard InChI is InChI=1S/C25H19Br2ClN2O/c1-13-8-15(3)24-18(9-13)19(11-23(29-24)16-4-6-17(26)7-5-16)25(31)30-22-12-21(28)20(27)10-14(22)2/h4-12H,1-3H3,(H,30,31). The first-order valence-corrected chi connectivity index (χ1v) is 11.6. The van der Waals surface area contributed by atoms with E-state index >= 15 is 0 Å². The van der Waals surface area contributed by atoms with Crippen LogP contribution in [0.3, 0.4) is 0 Å². The summed E-state index contributed by atoms with van der Waals surface area (Å²) in [5, 5.41) is 4.41. The second-order valence-corrected chi connectivity index (χ2v) is 9.75. The van der Waals surface area contributed by atoms with E-state index in [1.807, 2.05) is 63.2 Å². The molecule has 0 saturated carbocycles. The van der Waals surface area contributed by atoms with E-state index in [0.29, 0.717) is 16.3 Å². The van der Waals surface area contributed by atoms with Gasteiger partial charge < -0.3 is 5.32 Å². The molecular formula is C25H19Br2ClN2O. The number of fused-ring (bicyclic) bond motifs is 1. The van der Waals surface area contributed by atoms with Gasteiger partial charge in [0.1, 0.15) is 0 Å². The highest BCUT2D eigenvalue weighted by molar-refractivity contribution is 9.10. The van der Waals surface area contributed by atoms with Crippen molar-refractivity contribution < 1.29 is 4.79 Å². The van der Waals surface area contributed by atoms with Crippen molar-refractivity contribution in [2.24, 2.45) is 0 Å². The summed E-state index contributed by atoms with van der Waals surface area (Å²) in [7, 11) is 0. The van der Waals surface area contributed by atoms with Crippen molar-refractivity contribution in [2.75, 3.05) is 5.32 Å². The average Bonchev–Trinajstić information content (AvgIpc) is 2.72. The van der Waals surface area contributed by atoms with Crippen LogP contribution in [-0.2, 0) is 0 Å². The number of hydrogen-bond donors (Lipinski definition) is 1. The van der Waals surface area contributed by atoms with Gasteiger partial charge in [0.15, 0.2) is 0 Å². The second-order valence-electron chi connectivity index (χ2n) is 7.58. The molecule has 0 fully saturated rings. The van der Waals surface area contributed by atoms with Gasteiger partial charge in [-0.15, -0.1) is 0 Å². The maximum absolute atomic E-state index is 13.4. The summed E-state index contributed by atoms with van der Waals surface area (Å²) in [6.45, 7) is 5.98. The average molecular weight is 559 g/mol. The second kappa shape index (κ2) is 8.73. The first-order chi connectivity index (χ1) is 14.7. The van der Waals surface area contributed by atoms with Gasteiger partial charge in [-0.25, -0.2) is 4.98 Å². The predicted molar refractivity (Wildman–Crippen MR) is 136 cm³/mol. The summed E-state index contributed by atoms with van der Waals surface area (Å²) >= 11 is 13.2. The zero-order valence-electron chi connectivity index (χ0n) is 17.2. The molecule has 1 heterocycles. The van der Waals surface area contributed by atoms with Crippen molar-refractivity contribution in [3.8, 4) is 11.3 Å². The van der Waals surface area contributed by atoms with E-state index in [-0.39, 0.29) is 5.91 Å². The number of hydrogen-bond acceptors (Lipinski definition) is 2. The fraction of sp³-hybridized carbons (Fsp3) is 0.120. The highest BCUT2D eigenvalue weighted by atomic mass is 79.9. The number of aromatic nitrogens is 1. The monoisotopic (exact) mass is 556 g/mol. The Bertz CT molecular complexity index is 1330. The molecule has 0 saturated heterocycles. The van der Waals surface area contributed by atoms with Gasteiger partial charge in [0, 0.05) is 25.6 Å². The number of carbonyl (C=O) groups is 1. The quantitative estimate of drug-likeness (QED) is 0.275. The minimum absolute atomic E-state index is 0.197. The number of halogens is 3. The third kappa shape index (κ3) is 4.54. The number of rotatable bonds is 3. The van der Waals surface area contributed by atoms with Crippen molar-refractivity contribution in [3.63, 3.8) is 0 Å². The Morgan fingerprint density at radius 3 is 2.35 bits per heavy atom. The largest absolute Gasteiger partial charge is 0.322 e. The lowest BCUT2D eigenvalue weighted by atomic mass is 9.99. The molecule has 31 heavy (non-hydrogen) atoms. The summed E-state index contributed by atoms with van der Waals surface area (Å²) in [4.78, 5) is 18.3. The van der Waals surface area contributed by atoms with Crippen LogP contribution in [0.1, 0.15) is 27.0 Å². The summed E-state index contributed by atoms with van der Waals surface area (Å²) in [5.41, 5.74) is 6.81. The van der Waals surface area contributed by atoms with Crippen molar-refractivity contribution in [2.45, 2.75) is 20.8 Å². The van der Waals surface area contributed by atoms with E-state index in [4.69, 9.17) is 16.6 Å². The molecule has 1 amide bonds. The van der Waals surface area contributed by atoms with E-state index in [1.54, 1.807) is 6.07 Å². The topological polar surface area (TPSA) is 42.0 Å². The van der Waals surface area contributed by atoms with Crippen molar-refractivity contribution >= 4 is 66.0 Å². The van der Waals surface area contributed by atoms with Gasteiger partial charge in [0.2, 0.25) is 0 Å². The number of benzene rings is 3. The first-order valence-electron chi connectivity index (χ1n) is 9.68. The number of carbonyl (C=O) groups excluding carboxylic acids is 1. The Labute approximate surface area is 203 Å². The Kier molecular flexibility index (Phi) is 6.20. The van der Waals surface area contributed by atoms with Crippen LogP contribution < -0.4 is 5.32 Å². The summed E-state index contributed by atoms with van der Waals surface area (Å²) in [6, 6.07) is 17.5. The molecule has 0 aliphatic heterocycles. The van der Waals surface area contributed by atoms with Gasteiger partial charge in [-0.1, -0.05) is 51.3 Å². The molecule has 0 spiro atoms. The molecule has 0 aliphatic rings. The lowest BCUT2D eigenvalue weighted by Crippen LogP contribution is -2.14. The zero-order valence-corrected chi connectivity index (χ0v) is 21.1. The fourth-order valence-electron chi connectivity index (χ4n) is 3.61. The highest BCUT2D eigenvalue weighted by Gasteiger charge is 2.17. The molecular weight excluding hydrogens is 540 g/mol. The van der Waals surface area contributed by atoms with E-state index in [0.717, 1.165) is 47.8 Å². The third-order valence-electron chi connectivity index (χ3n) is 5.15. The Morgan fingerprint density at radius 2 is 1.65 bits per heavy atom. The molecule has 4 aromatic rings. The van der Waals surface area contributed by atoms with Crippen LogP contribution in [0.5, 0.6) is 0 Å². The smallest absolute Gasteiger partial charge is 0.256 e. The molecule has 1 aromatic heterocycles. The van der Waals surface area contributed by atoms with Crippen molar-refractivity contribution in [1.29, 1.82) is 0 Å². The van der Waals surface area contributed by atoms with Crippen LogP contribution in [0.2, 0.25) is 5.02 Å². The van der Waals surface area contributed by atoms with E-state index in [1.165, 1.54) is 0 Å². The van der Waals surface area contributed by atoms with E-state index < -0.39 is 0 Å². The zero-order chi connectivity index (χ0) is 22.3. The maximum Gasteiger partial charge on any atom is 0.256 e. The van der Waals surface area contributed by atoms with Crippen LogP contribution in [0.4, 0.5) is 5.69 Å². The van der Waals surface area contributed by atoms with Gasteiger partial charge >= 0.3 is 0 Å². The number of nitrogens with one attached hydrogen (secondary N) is 1. The molecule has 3 aromatic carbocycles. The van der Waals surface area contributed by atoms with E-state index in [9.17, 15) is 4.79 Å². The van der Waals surface area contributed by atoms with Crippen molar-refractivity contribution in [3.05, 3.63) is 90.8 Å². The van der Waals surface area contributed by atoms with Crippen LogP contribution in [0.25, 0.3) is 22.2 Å². The van der Waals surface area contributed by atoms with Crippen LogP contribution in [0, 0.1) is 20.8 Å². The maximum atomic E-state index is 13.4. The van der Waals surface area contributed by atoms with Crippen molar-refractivity contribution in [1.82, 2.24) is 4.98 Å². The summed E-state index contributed by atoms with van der Waals surface area (Å²) in [5.74, 6) is -0.197. The normalized spacial score (nSPS) is 11.0. The third-order valence-corrected chi connectivity index (χ3v) is 6.87. The minimum Gasteiger partial charge on any atom is -0.322 e. The first kappa shape index (κ1) is 22.0. The van der Waals surface area contributed by atoms with Crippen LogP contribution in [0.15, 0.2) is 63.5 Å². The van der Waals surface area contributed by atoms with Gasteiger partial charge in [-0.2, -0.15) is 0 Å². The van der Waals surface area contributed by atoms with Gasteiger partial charge in [-0.3, -0.25) is 4.79 Å². The Balaban J connectivity index is 1.88. The summed E-state index contributed by atoms with van der Waals surface area (Å²) in [6.07, 6.45) is 0. The minimum atomic E-state index is -0.197. The number of amides is 1. The fourth-order valence-corrected chi connectivity index (χ4v) is 4.49. The van der Waals surface area contributed by atoms with Gasteiger partial charge in [0.25, 0.3) is 5.91 Å². The Morgan fingerprint density at radius 1 is 0.935 bits per heavy atom. The van der Waals surface area contributed by atoms with Crippen LogP contribution in [-0.4, -0.2) is 10.9 Å². The molecule has 156 valence electrons. The predicted octanol–water partition coefficient (Wildman–Crippen LogP) is 8.26. The Hall–Kier alpha value is -2.21. The van der Waals surface area contributed by atoms with Crippen LogP contribution >= 0.6 is 43.5 Å². The molecule has 1 N–H and O–H groups in total. The number of pyridine rings is 1. The van der Waals surface area contributed by atoms with E-state index in [2.05, 4.69) is 43.2 Å². The lowest BCUT2D eigenvalue weighted by molar-refractivity contribution is 0.102. The number of nitrogens with zero attached hydrogens (tertiary/aromatic N) is 1. The molecule has 0 radical (unpaired) electrons. The van der Waals surface area contributed by atoms with Gasteiger partial charge in [0.05, 0.1) is 21.8 Å². The SMILES string of the molecule is Cc1cc(C)c2nc(-c3ccc(Br)cc3)cc(C(=O)Nc3cc(Cl)c(Br)cc3C)c2c1.